The molecule has 0 aliphatic carbocycles. The minimum Gasteiger partial charge on any atom is -0.385 e. The highest BCUT2D eigenvalue weighted by molar-refractivity contribution is 7.84. The molecule has 17 heavy (non-hydrogen) atoms. The molecule has 0 heterocycles. The second-order valence-electron chi connectivity index (χ2n) is 3.81. The molecule has 1 unspecified atom stereocenters. The SMILES string of the molecule is COCCCS(=O)Cc1cc(F)cc(CN)c1. The van der Waals surface area contributed by atoms with Crippen molar-refractivity contribution in [1.29, 1.82) is 0 Å². The van der Waals surface area contributed by atoms with Crippen LogP contribution in [0.25, 0.3) is 0 Å². The lowest BCUT2D eigenvalue weighted by Gasteiger charge is -2.05. The second kappa shape index (κ2) is 7.53. The summed E-state index contributed by atoms with van der Waals surface area (Å²) in [5.41, 5.74) is 6.93. The Labute approximate surface area is 104 Å². The van der Waals surface area contributed by atoms with Gasteiger partial charge in [-0.1, -0.05) is 6.07 Å². The maximum absolute atomic E-state index is 13.2. The number of nitrogens with two attached hydrogens (primary N) is 1. The average Bonchev–Trinajstić information content (AvgIpc) is 2.28. The van der Waals surface area contributed by atoms with Gasteiger partial charge in [-0.2, -0.15) is 0 Å². The minimum atomic E-state index is -0.978. The fourth-order valence-electron chi connectivity index (χ4n) is 1.54. The van der Waals surface area contributed by atoms with Crippen molar-refractivity contribution in [1.82, 2.24) is 0 Å². The van der Waals surface area contributed by atoms with Gasteiger partial charge in [0.25, 0.3) is 0 Å². The molecule has 1 aromatic carbocycles. The lowest BCUT2D eigenvalue weighted by molar-refractivity contribution is 0.200. The molecule has 0 spiro atoms. The third-order valence-electron chi connectivity index (χ3n) is 2.30. The first-order valence-corrected chi connectivity index (χ1v) is 6.97. The molecule has 0 bridgehead atoms. The van der Waals surface area contributed by atoms with Crippen molar-refractivity contribution in [2.75, 3.05) is 19.5 Å². The van der Waals surface area contributed by atoms with E-state index < -0.39 is 10.8 Å². The smallest absolute Gasteiger partial charge is 0.123 e. The van der Waals surface area contributed by atoms with Crippen molar-refractivity contribution < 1.29 is 13.3 Å². The maximum atomic E-state index is 13.2. The summed E-state index contributed by atoms with van der Waals surface area (Å²) >= 11 is 0. The number of hydrogen-bond acceptors (Lipinski definition) is 3. The van der Waals surface area contributed by atoms with Crippen LogP contribution in [0.15, 0.2) is 18.2 Å². The van der Waals surface area contributed by atoms with E-state index in [1.807, 2.05) is 0 Å². The largest absolute Gasteiger partial charge is 0.385 e. The summed E-state index contributed by atoms with van der Waals surface area (Å²) < 4.78 is 29.8. The molecule has 1 aromatic rings. The Morgan fingerprint density at radius 2 is 2.06 bits per heavy atom. The van der Waals surface area contributed by atoms with Crippen molar-refractivity contribution in [3.05, 3.63) is 35.1 Å². The van der Waals surface area contributed by atoms with Crippen LogP contribution in [0.3, 0.4) is 0 Å². The van der Waals surface area contributed by atoms with Crippen molar-refractivity contribution in [3.8, 4) is 0 Å². The first kappa shape index (κ1) is 14.3. The number of benzene rings is 1. The van der Waals surface area contributed by atoms with Gasteiger partial charge in [-0.25, -0.2) is 4.39 Å². The van der Waals surface area contributed by atoms with E-state index >= 15 is 0 Å². The van der Waals surface area contributed by atoms with Gasteiger partial charge < -0.3 is 10.5 Å². The number of rotatable bonds is 7. The molecule has 0 aliphatic rings. The highest BCUT2D eigenvalue weighted by atomic mass is 32.2. The van der Waals surface area contributed by atoms with E-state index in [1.165, 1.54) is 12.1 Å². The van der Waals surface area contributed by atoms with Crippen LogP contribution in [0.1, 0.15) is 17.5 Å². The molecule has 0 amide bonds. The third kappa shape index (κ3) is 5.39. The Morgan fingerprint density at radius 1 is 1.35 bits per heavy atom. The number of hydrogen-bond donors (Lipinski definition) is 1. The van der Waals surface area contributed by atoms with Crippen molar-refractivity contribution in [2.24, 2.45) is 5.73 Å². The van der Waals surface area contributed by atoms with Gasteiger partial charge in [0.1, 0.15) is 5.82 Å². The normalized spacial score (nSPS) is 12.6. The molecule has 1 rings (SSSR count). The van der Waals surface area contributed by atoms with E-state index in [0.29, 0.717) is 24.7 Å². The van der Waals surface area contributed by atoms with E-state index in [2.05, 4.69) is 0 Å². The van der Waals surface area contributed by atoms with Crippen LogP contribution in [-0.2, 0) is 27.8 Å². The summed E-state index contributed by atoms with van der Waals surface area (Å²) in [5, 5.41) is 0. The molecule has 2 N–H and O–H groups in total. The van der Waals surface area contributed by atoms with E-state index in [4.69, 9.17) is 10.5 Å². The molecule has 3 nitrogen and oxygen atoms in total. The lowest BCUT2D eigenvalue weighted by atomic mass is 10.1. The molecule has 0 fully saturated rings. The summed E-state index contributed by atoms with van der Waals surface area (Å²) in [5.74, 6) is 0.619. The van der Waals surface area contributed by atoms with E-state index in [1.54, 1.807) is 13.2 Å². The summed E-state index contributed by atoms with van der Waals surface area (Å²) in [7, 11) is 0.636. The topological polar surface area (TPSA) is 52.3 Å². The van der Waals surface area contributed by atoms with Crippen molar-refractivity contribution in [3.63, 3.8) is 0 Å². The zero-order valence-corrected chi connectivity index (χ0v) is 10.8. The van der Waals surface area contributed by atoms with Gasteiger partial charge >= 0.3 is 0 Å². The zero-order valence-electron chi connectivity index (χ0n) is 9.95. The van der Waals surface area contributed by atoms with Gasteiger partial charge in [0.15, 0.2) is 0 Å². The fraction of sp³-hybridized carbons (Fsp3) is 0.500. The Morgan fingerprint density at radius 3 is 2.71 bits per heavy atom. The van der Waals surface area contributed by atoms with Crippen LogP contribution in [-0.4, -0.2) is 23.7 Å². The molecule has 5 heteroatoms. The van der Waals surface area contributed by atoms with Crippen LogP contribution in [0.4, 0.5) is 4.39 Å². The van der Waals surface area contributed by atoms with Gasteiger partial charge in [-0.3, -0.25) is 4.21 Å². The predicted octanol–water partition coefficient (Wildman–Crippen LogP) is 1.57. The van der Waals surface area contributed by atoms with Crippen LogP contribution in [0, 0.1) is 5.82 Å². The molecule has 0 saturated heterocycles. The monoisotopic (exact) mass is 259 g/mol. The Kier molecular flexibility index (Phi) is 6.32. The predicted molar refractivity (Wildman–Crippen MR) is 67.5 cm³/mol. The maximum Gasteiger partial charge on any atom is 0.123 e. The van der Waals surface area contributed by atoms with Gasteiger partial charge in [0.05, 0.1) is 0 Å². The van der Waals surface area contributed by atoms with Crippen molar-refractivity contribution >= 4 is 10.8 Å². The molecular weight excluding hydrogens is 241 g/mol. The zero-order chi connectivity index (χ0) is 12.7. The number of ether oxygens (including phenoxy) is 1. The second-order valence-corrected chi connectivity index (χ2v) is 5.38. The first-order valence-electron chi connectivity index (χ1n) is 5.48. The fourth-order valence-corrected chi connectivity index (χ4v) is 2.66. The first-order chi connectivity index (χ1) is 8.15. The summed E-state index contributed by atoms with van der Waals surface area (Å²) in [4.78, 5) is 0. The standard InChI is InChI=1S/C12H18FNO2S/c1-16-3-2-4-17(15)9-11-5-10(8-14)6-12(13)7-11/h5-7H,2-4,8-9,14H2,1H3. The average molecular weight is 259 g/mol. The van der Waals surface area contributed by atoms with E-state index in [9.17, 15) is 8.60 Å². The molecule has 0 saturated carbocycles. The van der Waals surface area contributed by atoms with E-state index in [0.717, 1.165) is 17.5 Å². The lowest BCUT2D eigenvalue weighted by Crippen LogP contribution is -2.05. The molecule has 1 atom stereocenters. The minimum absolute atomic E-state index is 0.293. The highest BCUT2D eigenvalue weighted by Crippen LogP contribution is 2.11. The van der Waals surface area contributed by atoms with Crippen LogP contribution >= 0.6 is 0 Å². The van der Waals surface area contributed by atoms with E-state index in [-0.39, 0.29) is 5.82 Å². The van der Waals surface area contributed by atoms with Gasteiger partial charge in [-0.15, -0.1) is 0 Å². The van der Waals surface area contributed by atoms with Gasteiger partial charge in [0, 0.05) is 42.6 Å². The Hall–Kier alpha value is -0.780. The van der Waals surface area contributed by atoms with Crippen LogP contribution in [0.5, 0.6) is 0 Å². The Bertz CT molecular complexity index is 385. The molecule has 0 aliphatic heterocycles. The quantitative estimate of drug-likeness (QED) is 0.756. The van der Waals surface area contributed by atoms with Crippen LogP contribution in [0.2, 0.25) is 0 Å². The van der Waals surface area contributed by atoms with Crippen LogP contribution < -0.4 is 5.73 Å². The van der Waals surface area contributed by atoms with Gasteiger partial charge in [-0.05, 0) is 29.7 Å². The van der Waals surface area contributed by atoms with Crippen molar-refractivity contribution in [2.45, 2.75) is 18.7 Å². The summed E-state index contributed by atoms with van der Waals surface area (Å²) in [6, 6.07) is 4.61. The highest BCUT2D eigenvalue weighted by Gasteiger charge is 2.05. The summed E-state index contributed by atoms with van der Waals surface area (Å²) in [6.45, 7) is 0.893. The number of halogens is 1. The summed E-state index contributed by atoms with van der Waals surface area (Å²) in [6.07, 6.45) is 0.752. The molecule has 96 valence electrons. The Balaban J connectivity index is 2.55. The number of methoxy groups -OCH3 is 1. The van der Waals surface area contributed by atoms with Gasteiger partial charge in [0.2, 0.25) is 0 Å². The third-order valence-corrected chi connectivity index (χ3v) is 3.70. The molecule has 0 aromatic heterocycles. The molecule has 0 radical (unpaired) electrons. The molecular formula is C12H18FNO2S.